The van der Waals surface area contributed by atoms with E-state index in [9.17, 15) is 0 Å². The van der Waals surface area contributed by atoms with Crippen LogP contribution in [-0.2, 0) is 0 Å². The van der Waals surface area contributed by atoms with Gasteiger partial charge in [-0.2, -0.15) is 0 Å². The molecule has 0 saturated carbocycles. The van der Waals surface area contributed by atoms with Gasteiger partial charge in [0.2, 0.25) is 0 Å². The van der Waals surface area contributed by atoms with Gasteiger partial charge in [-0.25, -0.2) is 0 Å². The number of rotatable bonds is 2. The molecule has 1 saturated heterocycles. The van der Waals surface area contributed by atoms with Crippen molar-refractivity contribution in [2.75, 3.05) is 19.7 Å². The van der Waals surface area contributed by atoms with Gasteiger partial charge in [0, 0.05) is 19.7 Å². The molecule has 0 spiro atoms. The highest BCUT2D eigenvalue weighted by Crippen LogP contribution is 2.18. The van der Waals surface area contributed by atoms with Crippen LogP contribution in [0.3, 0.4) is 0 Å². The average Bonchev–Trinajstić information content (AvgIpc) is 2.30. The van der Waals surface area contributed by atoms with Gasteiger partial charge in [0.1, 0.15) is 0 Å². The van der Waals surface area contributed by atoms with E-state index in [1.54, 1.807) is 0 Å². The summed E-state index contributed by atoms with van der Waals surface area (Å²) in [5, 5.41) is 12.4. The Morgan fingerprint density at radius 1 is 1.43 bits per heavy atom. The second-order valence-corrected chi connectivity index (χ2v) is 4.04. The Morgan fingerprint density at radius 2 is 2.36 bits per heavy atom. The third-order valence-corrected chi connectivity index (χ3v) is 2.97. The summed E-state index contributed by atoms with van der Waals surface area (Å²) in [6.45, 7) is 2.46. The zero-order chi connectivity index (χ0) is 9.80. The van der Waals surface area contributed by atoms with E-state index in [2.05, 4.69) is 22.4 Å². The Hall–Kier alpha value is -0.800. The van der Waals surface area contributed by atoms with Gasteiger partial charge in [-0.3, -0.25) is 4.90 Å². The molecule has 3 nitrogen and oxygen atoms in total. The van der Waals surface area contributed by atoms with Gasteiger partial charge in [0.05, 0.1) is 6.17 Å². The van der Waals surface area contributed by atoms with Crippen molar-refractivity contribution in [1.29, 1.82) is 0 Å². The predicted octanol–water partition coefficient (Wildman–Crippen LogP) is 0.690. The van der Waals surface area contributed by atoms with Crippen LogP contribution in [0.25, 0.3) is 0 Å². The van der Waals surface area contributed by atoms with Crippen molar-refractivity contribution in [3.63, 3.8) is 0 Å². The second-order valence-electron chi connectivity index (χ2n) is 4.04. The summed E-state index contributed by atoms with van der Waals surface area (Å²) >= 11 is 0. The number of nitrogens with zero attached hydrogens (tertiary/aromatic N) is 1. The van der Waals surface area contributed by atoms with Crippen molar-refractivity contribution in [3.05, 3.63) is 24.4 Å². The standard InChI is InChI=1S/C11H18N2O/c14-9-10-4-3-7-13(8-10)11-5-1-2-6-12-11/h1-2,5-6,10-12,14H,3-4,7-9H2/t10-,11?/m0/s1. The summed E-state index contributed by atoms with van der Waals surface area (Å²) in [7, 11) is 0. The molecule has 0 bridgehead atoms. The lowest BCUT2D eigenvalue weighted by Crippen LogP contribution is -2.48. The first-order valence-corrected chi connectivity index (χ1v) is 5.34. The molecule has 2 rings (SSSR count). The SMILES string of the molecule is OC[C@H]1CCCN(C2C=CC=CN2)C1. The van der Waals surface area contributed by atoms with Gasteiger partial charge in [-0.1, -0.05) is 6.08 Å². The minimum absolute atomic E-state index is 0.322. The van der Waals surface area contributed by atoms with Crippen LogP contribution in [0.2, 0.25) is 0 Å². The van der Waals surface area contributed by atoms with E-state index in [0.717, 1.165) is 13.1 Å². The van der Waals surface area contributed by atoms with Crippen LogP contribution in [0, 0.1) is 5.92 Å². The molecule has 1 unspecified atom stereocenters. The molecule has 2 aliphatic heterocycles. The first-order chi connectivity index (χ1) is 6.90. The van der Waals surface area contributed by atoms with Crippen molar-refractivity contribution in [1.82, 2.24) is 10.2 Å². The van der Waals surface area contributed by atoms with Gasteiger partial charge in [0.15, 0.2) is 0 Å². The highest BCUT2D eigenvalue weighted by atomic mass is 16.3. The lowest BCUT2D eigenvalue weighted by Gasteiger charge is -2.37. The number of aliphatic hydroxyl groups excluding tert-OH is 1. The maximum Gasteiger partial charge on any atom is 0.0985 e. The first kappa shape index (κ1) is 9.74. The normalized spacial score (nSPS) is 32.9. The number of likely N-dealkylation sites (tertiary alicyclic amines) is 1. The van der Waals surface area contributed by atoms with Gasteiger partial charge in [-0.05, 0) is 37.1 Å². The number of dihydropyridines is 1. The van der Waals surface area contributed by atoms with Crippen LogP contribution in [-0.4, -0.2) is 35.9 Å². The third-order valence-electron chi connectivity index (χ3n) is 2.97. The van der Waals surface area contributed by atoms with E-state index in [1.165, 1.54) is 12.8 Å². The molecule has 78 valence electrons. The number of piperidine rings is 1. The lowest BCUT2D eigenvalue weighted by molar-refractivity contribution is 0.0956. The molecule has 0 radical (unpaired) electrons. The summed E-state index contributed by atoms with van der Waals surface area (Å²) in [5.41, 5.74) is 0. The fraction of sp³-hybridized carbons (Fsp3) is 0.636. The van der Waals surface area contributed by atoms with E-state index in [1.807, 2.05) is 12.3 Å². The Balaban J connectivity index is 1.90. The van der Waals surface area contributed by atoms with Crippen molar-refractivity contribution in [2.24, 2.45) is 5.92 Å². The van der Waals surface area contributed by atoms with Gasteiger partial charge < -0.3 is 10.4 Å². The topological polar surface area (TPSA) is 35.5 Å². The molecule has 2 aliphatic rings. The molecule has 0 aromatic carbocycles. The summed E-state index contributed by atoms with van der Waals surface area (Å²) in [6, 6.07) is 0. The van der Waals surface area contributed by atoms with Crippen LogP contribution in [0.15, 0.2) is 24.4 Å². The van der Waals surface area contributed by atoms with E-state index in [0.29, 0.717) is 18.7 Å². The van der Waals surface area contributed by atoms with Gasteiger partial charge in [0.25, 0.3) is 0 Å². The van der Waals surface area contributed by atoms with Crippen LogP contribution in [0.1, 0.15) is 12.8 Å². The summed E-state index contributed by atoms with van der Waals surface area (Å²) < 4.78 is 0. The molecular weight excluding hydrogens is 176 g/mol. The number of aliphatic hydroxyl groups is 1. The number of hydrogen-bond acceptors (Lipinski definition) is 3. The van der Waals surface area contributed by atoms with Gasteiger partial charge >= 0.3 is 0 Å². The van der Waals surface area contributed by atoms with Crippen molar-refractivity contribution in [3.8, 4) is 0 Å². The van der Waals surface area contributed by atoms with Gasteiger partial charge in [-0.15, -0.1) is 0 Å². The highest BCUT2D eigenvalue weighted by molar-refractivity contribution is 5.11. The molecular formula is C11H18N2O. The molecule has 1 fully saturated rings. The Bertz CT molecular complexity index is 237. The maximum absolute atomic E-state index is 9.13. The molecule has 0 aromatic rings. The number of allylic oxidation sites excluding steroid dienone is 2. The zero-order valence-electron chi connectivity index (χ0n) is 8.39. The van der Waals surface area contributed by atoms with E-state index < -0.39 is 0 Å². The quantitative estimate of drug-likeness (QED) is 0.679. The van der Waals surface area contributed by atoms with E-state index in [4.69, 9.17) is 5.11 Å². The molecule has 2 atom stereocenters. The van der Waals surface area contributed by atoms with E-state index >= 15 is 0 Å². The lowest BCUT2D eigenvalue weighted by atomic mass is 9.98. The summed E-state index contributed by atoms with van der Waals surface area (Å²) in [5.74, 6) is 0.463. The minimum Gasteiger partial charge on any atom is -0.396 e. The number of nitrogens with one attached hydrogen (secondary N) is 1. The monoisotopic (exact) mass is 194 g/mol. The number of hydrogen-bond donors (Lipinski definition) is 2. The minimum atomic E-state index is 0.322. The fourth-order valence-electron chi connectivity index (χ4n) is 2.16. The van der Waals surface area contributed by atoms with E-state index in [-0.39, 0.29) is 0 Å². The first-order valence-electron chi connectivity index (χ1n) is 5.34. The molecule has 2 heterocycles. The molecule has 2 N–H and O–H groups in total. The zero-order valence-corrected chi connectivity index (χ0v) is 8.39. The molecule has 0 amide bonds. The summed E-state index contributed by atoms with van der Waals surface area (Å²) in [4.78, 5) is 2.39. The predicted molar refractivity (Wildman–Crippen MR) is 56.6 cm³/mol. The Kier molecular flexibility index (Phi) is 3.22. The smallest absolute Gasteiger partial charge is 0.0985 e. The highest BCUT2D eigenvalue weighted by Gasteiger charge is 2.23. The molecule has 14 heavy (non-hydrogen) atoms. The Labute approximate surface area is 85.1 Å². The van der Waals surface area contributed by atoms with Crippen molar-refractivity contribution >= 4 is 0 Å². The Morgan fingerprint density at radius 3 is 3.07 bits per heavy atom. The van der Waals surface area contributed by atoms with Crippen LogP contribution >= 0.6 is 0 Å². The van der Waals surface area contributed by atoms with Crippen molar-refractivity contribution in [2.45, 2.75) is 19.0 Å². The second kappa shape index (κ2) is 4.62. The average molecular weight is 194 g/mol. The molecule has 0 aromatic heterocycles. The van der Waals surface area contributed by atoms with Crippen LogP contribution in [0.5, 0.6) is 0 Å². The van der Waals surface area contributed by atoms with Crippen LogP contribution in [0.4, 0.5) is 0 Å². The maximum atomic E-state index is 9.13. The third kappa shape index (κ3) is 2.16. The van der Waals surface area contributed by atoms with Crippen LogP contribution < -0.4 is 5.32 Å². The van der Waals surface area contributed by atoms with Crippen molar-refractivity contribution < 1.29 is 5.11 Å². The largest absolute Gasteiger partial charge is 0.396 e. The fourth-order valence-corrected chi connectivity index (χ4v) is 2.16. The molecule has 0 aliphatic carbocycles. The summed E-state index contributed by atoms with van der Waals surface area (Å²) in [6.07, 6.45) is 10.9. The molecule has 3 heteroatoms.